The van der Waals surface area contributed by atoms with Crippen molar-refractivity contribution < 1.29 is 14.7 Å². The third-order valence-electron chi connectivity index (χ3n) is 3.21. The second kappa shape index (κ2) is 7.33. The van der Waals surface area contributed by atoms with Crippen molar-refractivity contribution >= 4 is 12.0 Å². The van der Waals surface area contributed by atoms with Crippen LogP contribution in [0.3, 0.4) is 0 Å². The van der Waals surface area contributed by atoms with Crippen LogP contribution in [0.15, 0.2) is 0 Å². The second-order valence-corrected chi connectivity index (χ2v) is 5.74. The van der Waals surface area contributed by atoms with Crippen LogP contribution in [0.5, 0.6) is 0 Å². The molecule has 0 aromatic carbocycles. The van der Waals surface area contributed by atoms with Gasteiger partial charge in [0.15, 0.2) is 0 Å². The van der Waals surface area contributed by atoms with Crippen molar-refractivity contribution in [2.24, 2.45) is 0 Å². The van der Waals surface area contributed by atoms with E-state index in [0.717, 1.165) is 19.6 Å². The molecule has 0 bridgehead atoms. The standard InChI is InChI=1S/C13H25N3O3/c1-13(2,10-11(17)18)15-12(19)14-6-9-16-7-4-3-5-8-16/h3-10H2,1-2H3,(H,17,18)(H2,14,15,19). The van der Waals surface area contributed by atoms with Gasteiger partial charge in [0.05, 0.1) is 6.42 Å². The van der Waals surface area contributed by atoms with Crippen molar-refractivity contribution in [3.63, 3.8) is 0 Å². The lowest BCUT2D eigenvalue weighted by atomic mass is 10.0. The zero-order chi connectivity index (χ0) is 14.3. The first-order valence-corrected chi connectivity index (χ1v) is 6.89. The molecule has 0 aromatic heterocycles. The van der Waals surface area contributed by atoms with E-state index in [1.807, 2.05) is 0 Å². The summed E-state index contributed by atoms with van der Waals surface area (Å²) in [6.45, 7) is 7.06. The Balaban J connectivity index is 2.18. The van der Waals surface area contributed by atoms with E-state index in [9.17, 15) is 9.59 Å². The highest BCUT2D eigenvalue weighted by molar-refractivity contribution is 5.76. The number of nitrogens with zero attached hydrogens (tertiary/aromatic N) is 1. The first-order valence-electron chi connectivity index (χ1n) is 6.89. The Kier molecular flexibility index (Phi) is 6.08. The van der Waals surface area contributed by atoms with E-state index in [4.69, 9.17) is 5.11 Å². The fraction of sp³-hybridized carbons (Fsp3) is 0.846. The van der Waals surface area contributed by atoms with E-state index < -0.39 is 11.5 Å². The molecule has 0 saturated carbocycles. The van der Waals surface area contributed by atoms with Gasteiger partial charge in [-0.1, -0.05) is 6.42 Å². The highest BCUT2D eigenvalue weighted by Crippen LogP contribution is 2.08. The lowest BCUT2D eigenvalue weighted by Crippen LogP contribution is -2.50. The van der Waals surface area contributed by atoms with Crippen LogP contribution >= 0.6 is 0 Å². The van der Waals surface area contributed by atoms with Gasteiger partial charge in [-0.2, -0.15) is 0 Å². The van der Waals surface area contributed by atoms with Crippen molar-refractivity contribution in [3.8, 4) is 0 Å². The third kappa shape index (κ3) is 7.00. The Bertz CT molecular complexity index is 312. The van der Waals surface area contributed by atoms with Gasteiger partial charge in [0.25, 0.3) is 0 Å². The summed E-state index contributed by atoms with van der Waals surface area (Å²) in [5.41, 5.74) is -0.735. The van der Waals surface area contributed by atoms with Crippen LogP contribution in [0.1, 0.15) is 39.5 Å². The monoisotopic (exact) mass is 271 g/mol. The van der Waals surface area contributed by atoms with Crippen molar-refractivity contribution in [1.29, 1.82) is 0 Å². The summed E-state index contributed by atoms with van der Waals surface area (Å²) < 4.78 is 0. The molecule has 0 aromatic rings. The van der Waals surface area contributed by atoms with E-state index in [1.54, 1.807) is 13.8 Å². The molecule has 3 N–H and O–H groups in total. The minimum absolute atomic E-state index is 0.0907. The van der Waals surface area contributed by atoms with Gasteiger partial charge in [0.1, 0.15) is 0 Å². The average Bonchev–Trinajstić information content (AvgIpc) is 2.27. The SMILES string of the molecule is CC(C)(CC(=O)O)NC(=O)NCCN1CCCCC1. The number of nitrogens with one attached hydrogen (secondary N) is 2. The Morgan fingerprint density at radius 1 is 1.21 bits per heavy atom. The minimum atomic E-state index is -0.918. The van der Waals surface area contributed by atoms with Gasteiger partial charge in [0, 0.05) is 18.6 Å². The van der Waals surface area contributed by atoms with Crippen LogP contribution < -0.4 is 10.6 Å². The number of carboxylic acid groups (broad SMARTS) is 1. The highest BCUT2D eigenvalue weighted by Gasteiger charge is 2.23. The third-order valence-corrected chi connectivity index (χ3v) is 3.21. The van der Waals surface area contributed by atoms with Gasteiger partial charge < -0.3 is 20.6 Å². The van der Waals surface area contributed by atoms with Crippen LogP contribution in [-0.2, 0) is 4.79 Å². The molecule has 1 heterocycles. The molecule has 1 aliphatic heterocycles. The number of carboxylic acids is 1. The molecule has 0 unspecified atom stereocenters. The van der Waals surface area contributed by atoms with Crippen LogP contribution in [-0.4, -0.2) is 53.7 Å². The molecule has 0 radical (unpaired) electrons. The van der Waals surface area contributed by atoms with Crippen LogP contribution in [0.4, 0.5) is 4.79 Å². The summed E-state index contributed by atoms with van der Waals surface area (Å²) in [6.07, 6.45) is 3.68. The van der Waals surface area contributed by atoms with Gasteiger partial charge in [-0.05, 0) is 39.8 Å². The first-order chi connectivity index (χ1) is 8.89. The van der Waals surface area contributed by atoms with Gasteiger partial charge in [-0.3, -0.25) is 4.79 Å². The maximum Gasteiger partial charge on any atom is 0.315 e. The molecule has 0 atom stereocenters. The number of piperidine rings is 1. The van der Waals surface area contributed by atoms with E-state index in [2.05, 4.69) is 15.5 Å². The summed E-state index contributed by atoms with van der Waals surface area (Å²) in [5.74, 6) is -0.918. The molecule has 1 aliphatic rings. The summed E-state index contributed by atoms with van der Waals surface area (Å²) in [4.78, 5) is 24.6. The number of aliphatic carboxylic acids is 1. The average molecular weight is 271 g/mol. The summed E-state index contributed by atoms with van der Waals surface area (Å²) >= 11 is 0. The quantitative estimate of drug-likeness (QED) is 0.674. The van der Waals surface area contributed by atoms with Gasteiger partial charge in [0.2, 0.25) is 0 Å². The van der Waals surface area contributed by atoms with Gasteiger partial charge >= 0.3 is 12.0 Å². The summed E-state index contributed by atoms with van der Waals surface area (Å²) in [7, 11) is 0. The molecule has 19 heavy (non-hydrogen) atoms. The summed E-state index contributed by atoms with van der Waals surface area (Å²) in [5, 5.41) is 14.2. The molecule has 1 rings (SSSR count). The smallest absolute Gasteiger partial charge is 0.315 e. The molecule has 1 saturated heterocycles. The van der Waals surface area contributed by atoms with E-state index in [0.29, 0.717) is 6.54 Å². The fourth-order valence-corrected chi connectivity index (χ4v) is 2.28. The van der Waals surface area contributed by atoms with Crippen LogP contribution in [0, 0.1) is 0 Å². The zero-order valence-electron chi connectivity index (χ0n) is 11.9. The van der Waals surface area contributed by atoms with Crippen LogP contribution in [0.25, 0.3) is 0 Å². The number of amides is 2. The van der Waals surface area contributed by atoms with Gasteiger partial charge in [-0.25, -0.2) is 4.79 Å². The van der Waals surface area contributed by atoms with E-state index in [1.165, 1.54) is 19.3 Å². The molecular formula is C13H25N3O3. The predicted molar refractivity (Wildman–Crippen MR) is 73.2 cm³/mol. The Labute approximate surface area is 114 Å². The minimum Gasteiger partial charge on any atom is -0.481 e. The summed E-state index contributed by atoms with van der Waals surface area (Å²) in [6, 6.07) is -0.303. The first kappa shape index (κ1) is 15.8. The van der Waals surface area contributed by atoms with Crippen molar-refractivity contribution in [3.05, 3.63) is 0 Å². The normalized spacial score (nSPS) is 16.9. The number of rotatable bonds is 6. The van der Waals surface area contributed by atoms with Gasteiger partial charge in [-0.15, -0.1) is 0 Å². The van der Waals surface area contributed by atoms with Crippen molar-refractivity contribution in [2.75, 3.05) is 26.2 Å². The number of carbonyl (C=O) groups is 2. The fourth-order valence-electron chi connectivity index (χ4n) is 2.28. The molecule has 6 nitrogen and oxygen atoms in total. The molecule has 2 amide bonds. The molecule has 0 spiro atoms. The molecule has 0 aliphatic carbocycles. The topological polar surface area (TPSA) is 81.7 Å². The van der Waals surface area contributed by atoms with E-state index >= 15 is 0 Å². The largest absolute Gasteiger partial charge is 0.481 e. The van der Waals surface area contributed by atoms with E-state index in [-0.39, 0.29) is 12.5 Å². The lowest BCUT2D eigenvalue weighted by Gasteiger charge is -2.27. The maximum absolute atomic E-state index is 11.6. The molecular weight excluding hydrogens is 246 g/mol. The number of hydrogen-bond donors (Lipinski definition) is 3. The second-order valence-electron chi connectivity index (χ2n) is 5.74. The highest BCUT2D eigenvalue weighted by atomic mass is 16.4. The number of likely N-dealkylation sites (tertiary alicyclic amines) is 1. The van der Waals surface area contributed by atoms with Crippen molar-refractivity contribution in [1.82, 2.24) is 15.5 Å². The maximum atomic E-state index is 11.6. The molecule has 110 valence electrons. The zero-order valence-corrected chi connectivity index (χ0v) is 11.9. The molecule has 6 heteroatoms. The number of hydrogen-bond acceptors (Lipinski definition) is 3. The molecule has 1 fully saturated rings. The Morgan fingerprint density at radius 3 is 2.42 bits per heavy atom. The predicted octanol–water partition coefficient (Wildman–Crippen LogP) is 1.02. The van der Waals surface area contributed by atoms with Crippen molar-refractivity contribution in [2.45, 2.75) is 45.1 Å². The Hall–Kier alpha value is -1.30. The number of urea groups is 1. The lowest BCUT2D eigenvalue weighted by molar-refractivity contribution is -0.138. The number of carbonyl (C=O) groups excluding carboxylic acids is 1. The van der Waals surface area contributed by atoms with Crippen LogP contribution in [0.2, 0.25) is 0 Å². The Morgan fingerprint density at radius 2 is 1.84 bits per heavy atom.